The number of halogens is 1. The average molecular weight is 689 g/mol. The molecule has 1 aliphatic rings. The summed E-state index contributed by atoms with van der Waals surface area (Å²) in [6.45, 7) is 17.8. The van der Waals surface area contributed by atoms with Gasteiger partial charge in [-0.15, -0.1) is 0 Å². The highest BCUT2D eigenvalue weighted by atomic mass is 35.5. The Kier molecular flexibility index (Phi) is 9.05. The number of hydrogen-bond donors (Lipinski definition) is 1. The number of methoxy groups -OCH3 is 1. The molecule has 0 spiro atoms. The van der Waals surface area contributed by atoms with Crippen molar-refractivity contribution in [2.24, 2.45) is 0 Å². The summed E-state index contributed by atoms with van der Waals surface area (Å²) >= 11 is 6.85. The van der Waals surface area contributed by atoms with Gasteiger partial charge in [-0.25, -0.2) is 9.69 Å². The van der Waals surface area contributed by atoms with E-state index in [4.69, 9.17) is 30.0 Å². The van der Waals surface area contributed by atoms with E-state index in [1.165, 1.54) is 12.1 Å². The third-order valence-corrected chi connectivity index (χ3v) is 13.2. The number of carbonyl (C=O) groups excluding carboxylic acids is 2. The van der Waals surface area contributed by atoms with Gasteiger partial charge in [0, 0.05) is 22.8 Å². The third kappa shape index (κ3) is 6.59. The number of para-hydroxylation sites is 1. The van der Waals surface area contributed by atoms with E-state index < -0.39 is 31.7 Å². The molecule has 48 heavy (non-hydrogen) atoms. The zero-order valence-electron chi connectivity index (χ0n) is 28.9. The van der Waals surface area contributed by atoms with E-state index in [1.807, 2.05) is 42.5 Å². The molecule has 0 atom stereocenters. The van der Waals surface area contributed by atoms with Gasteiger partial charge in [0.1, 0.15) is 5.60 Å². The van der Waals surface area contributed by atoms with Crippen LogP contribution in [-0.4, -0.2) is 43.3 Å². The quantitative estimate of drug-likeness (QED) is 0.121. The number of imide groups is 1. The Morgan fingerprint density at radius 2 is 1.56 bits per heavy atom. The second kappa shape index (κ2) is 12.5. The molecule has 9 nitrogen and oxygen atoms in total. The summed E-state index contributed by atoms with van der Waals surface area (Å²) in [5.41, 5.74) is 3.11. The number of rotatable bonds is 6. The Balaban J connectivity index is 1.61. The minimum atomic E-state index is -2.21. The fourth-order valence-corrected chi connectivity index (χ4v) is 6.36. The van der Waals surface area contributed by atoms with Crippen LogP contribution in [0.25, 0.3) is 33.6 Å². The fourth-order valence-electron chi connectivity index (χ4n) is 5.07. The minimum absolute atomic E-state index is 0.0114. The van der Waals surface area contributed by atoms with Gasteiger partial charge >= 0.3 is 6.09 Å². The lowest BCUT2D eigenvalue weighted by atomic mass is 9.96. The molecule has 0 unspecified atom stereocenters. The maximum absolute atomic E-state index is 13.8. The van der Waals surface area contributed by atoms with Crippen LogP contribution < -0.4 is 14.1 Å². The monoisotopic (exact) mass is 688 g/mol. The van der Waals surface area contributed by atoms with Crippen molar-refractivity contribution in [1.82, 2.24) is 5.16 Å². The maximum atomic E-state index is 13.8. The van der Waals surface area contributed by atoms with Crippen LogP contribution in [0, 0.1) is 6.92 Å². The van der Waals surface area contributed by atoms with Crippen molar-refractivity contribution in [2.45, 2.75) is 72.2 Å². The number of aryl methyl sites for hydroxylation is 1. The standard InChI is InChI=1S/C37H41ClN2O7Si/c1-21-18-30(46-39-21)32(41)31-26-19-25(27(38)20-28(26)40(34(31)42)35(43)45-36(2,3)4)23-16-14-22(15-17-23)24-12-11-13-29(44-8)33(24)47-48(9,10)37(5,6)7/h11-20,41H,1-10H3/b32-31+. The van der Waals surface area contributed by atoms with Crippen LogP contribution in [0.2, 0.25) is 23.2 Å². The lowest BCUT2D eigenvalue weighted by Crippen LogP contribution is -2.44. The maximum Gasteiger partial charge on any atom is 0.422 e. The van der Waals surface area contributed by atoms with Crippen molar-refractivity contribution < 1.29 is 33.1 Å². The molecule has 1 N–H and O–H groups in total. The number of fused-ring (bicyclic) bond motifs is 1. The number of anilines is 1. The predicted octanol–water partition coefficient (Wildman–Crippen LogP) is 10.1. The van der Waals surface area contributed by atoms with Gasteiger partial charge in [0.15, 0.2) is 17.3 Å². The lowest BCUT2D eigenvalue weighted by molar-refractivity contribution is -0.112. The highest BCUT2D eigenvalue weighted by Crippen LogP contribution is 2.47. The summed E-state index contributed by atoms with van der Waals surface area (Å²) in [5, 5.41) is 15.4. The molecular formula is C37H41ClN2O7Si. The van der Waals surface area contributed by atoms with Gasteiger partial charge in [0.25, 0.3) is 14.2 Å². The van der Waals surface area contributed by atoms with E-state index in [0.717, 1.165) is 21.6 Å². The first kappa shape index (κ1) is 34.8. The first-order chi connectivity index (χ1) is 22.3. The van der Waals surface area contributed by atoms with Gasteiger partial charge in [0.2, 0.25) is 5.76 Å². The second-order valence-corrected chi connectivity index (χ2v) is 19.4. The molecule has 0 saturated heterocycles. The Morgan fingerprint density at radius 3 is 2.10 bits per heavy atom. The largest absolute Gasteiger partial charge is 0.541 e. The molecule has 0 saturated carbocycles. The first-order valence-corrected chi connectivity index (χ1v) is 18.9. The Hall–Kier alpha value is -4.54. The number of carbonyl (C=O) groups is 2. The number of benzene rings is 3. The van der Waals surface area contributed by atoms with Crippen molar-refractivity contribution in [3.05, 3.63) is 82.7 Å². The smallest absolute Gasteiger partial charge is 0.422 e. The first-order valence-electron chi connectivity index (χ1n) is 15.6. The predicted molar refractivity (Wildman–Crippen MR) is 191 cm³/mol. The molecule has 4 aromatic rings. The van der Waals surface area contributed by atoms with Crippen LogP contribution in [0.5, 0.6) is 11.5 Å². The number of amides is 2. The number of ether oxygens (including phenoxy) is 2. The van der Waals surface area contributed by atoms with Crippen molar-refractivity contribution in [2.75, 3.05) is 12.0 Å². The molecule has 2 amide bonds. The van der Waals surface area contributed by atoms with Gasteiger partial charge in [0.05, 0.1) is 29.1 Å². The van der Waals surface area contributed by atoms with Gasteiger partial charge < -0.3 is 23.5 Å². The Labute approximate surface area is 287 Å². The molecule has 5 rings (SSSR count). The molecule has 3 aromatic carbocycles. The third-order valence-electron chi connectivity index (χ3n) is 8.56. The Morgan fingerprint density at radius 1 is 0.938 bits per heavy atom. The fraction of sp³-hybridized carbons (Fsp3) is 0.324. The van der Waals surface area contributed by atoms with Crippen LogP contribution in [-0.2, 0) is 9.53 Å². The van der Waals surface area contributed by atoms with Crippen LogP contribution in [0.15, 0.2) is 65.2 Å². The summed E-state index contributed by atoms with van der Waals surface area (Å²) in [6.07, 6.45) is -0.896. The van der Waals surface area contributed by atoms with E-state index in [0.29, 0.717) is 33.3 Å². The topological polar surface area (TPSA) is 111 Å². The summed E-state index contributed by atoms with van der Waals surface area (Å²) < 4.78 is 23.3. The highest BCUT2D eigenvalue weighted by molar-refractivity contribution is 6.74. The summed E-state index contributed by atoms with van der Waals surface area (Å²) in [7, 11) is -0.574. The number of hydrogen-bond acceptors (Lipinski definition) is 8. The average Bonchev–Trinajstić information content (AvgIpc) is 3.54. The van der Waals surface area contributed by atoms with Crippen molar-refractivity contribution in [1.29, 1.82) is 0 Å². The van der Waals surface area contributed by atoms with E-state index in [9.17, 15) is 14.7 Å². The van der Waals surface area contributed by atoms with Crippen LogP contribution in [0.1, 0.15) is 58.6 Å². The Bertz CT molecular complexity index is 1930. The van der Waals surface area contributed by atoms with Crippen LogP contribution in [0.3, 0.4) is 0 Å². The normalized spacial score (nSPS) is 14.6. The lowest BCUT2D eigenvalue weighted by Gasteiger charge is -2.37. The second-order valence-electron chi connectivity index (χ2n) is 14.3. The molecule has 0 bridgehead atoms. The minimum Gasteiger partial charge on any atom is -0.541 e. The summed E-state index contributed by atoms with van der Waals surface area (Å²) in [4.78, 5) is 28.0. The van der Waals surface area contributed by atoms with E-state index >= 15 is 0 Å². The van der Waals surface area contributed by atoms with E-state index in [1.54, 1.807) is 40.9 Å². The van der Waals surface area contributed by atoms with Crippen molar-refractivity contribution >= 4 is 48.9 Å². The molecule has 0 fully saturated rings. The van der Waals surface area contributed by atoms with Gasteiger partial charge in [-0.05, 0) is 75.2 Å². The SMILES string of the molecule is COc1cccc(-c2ccc(-c3cc4c(cc3Cl)N(C(=O)OC(C)(C)C)C(=O)/C4=C(/O)c3cc(C)no3)cc2)c1O[Si](C)(C)C(C)(C)C. The van der Waals surface area contributed by atoms with E-state index in [-0.39, 0.29) is 22.1 Å². The number of nitrogens with zero attached hydrogens (tertiary/aromatic N) is 2. The van der Waals surface area contributed by atoms with E-state index in [2.05, 4.69) is 39.0 Å². The summed E-state index contributed by atoms with van der Waals surface area (Å²) in [5.74, 6) is 0.111. The molecule has 1 aromatic heterocycles. The number of aliphatic hydroxyl groups is 1. The number of aromatic nitrogens is 1. The van der Waals surface area contributed by atoms with Crippen LogP contribution >= 0.6 is 11.6 Å². The molecule has 0 radical (unpaired) electrons. The molecular weight excluding hydrogens is 648 g/mol. The van der Waals surface area contributed by atoms with Crippen LogP contribution in [0.4, 0.5) is 10.5 Å². The molecule has 1 aliphatic heterocycles. The zero-order valence-corrected chi connectivity index (χ0v) is 30.7. The number of aliphatic hydroxyl groups excluding tert-OH is 1. The van der Waals surface area contributed by atoms with Gasteiger partial charge in [-0.1, -0.05) is 73.9 Å². The molecule has 252 valence electrons. The van der Waals surface area contributed by atoms with Gasteiger partial charge in [-0.3, -0.25) is 4.79 Å². The zero-order chi connectivity index (χ0) is 35.3. The molecule has 0 aliphatic carbocycles. The van der Waals surface area contributed by atoms with Crippen molar-refractivity contribution in [3.63, 3.8) is 0 Å². The molecule has 11 heteroatoms. The molecule has 2 heterocycles. The van der Waals surface area contributed by atoms with Crippen molar-refractivity contribution in [3.8, 4) is 33.8 Å². The van der Waals surface area contributed by atoms with Gasteiger partial charge in [-0.2, -0.15) is 0 Å². The summed E-state index contributed by atoms with van der Waals surface area (Å²) in [6, 6.07) is 18.3. The highest BCUT2D eigenvalue weighted by Gasteiger charge is 2.43.